The number of aromatic nitrogens is 1. The molecule has 1 amide bonds. The first-order valence-electron chi connectivity index (χ1n) is 5.37. The maximum Gasteiger partial charge on any atom is 0.279 e. The van der Waals surface area contributed by atoms with Crippen molar-refractivity contribution in [3.8, 4) is 0 Å². The summed E-state index contributed by atoms with van der Waals surface area (Å²) < 4.78 is 29.9. The van der Waals surface area contributed by atoms with Gasteiger partial charge in [0.05, 0.1) is 12.3 Å². The van der Waals surface area contributed by atoms with Gasteiger partial charge in [-0.1, -0.05) is 0 Å². The number of hydrogen-bond acceptors (Lipinski definition) is 3. The van der Waals surface area contributed by atoms with Crippen LogP contribution >= 0.6 is 15.9 Å². The number of H-pyrrole nitrogens is 1. The molecular weight excluding hydrogens is 326 g/mol. The van der Waals surface area contributed by atoms with E-state index in [4.69, 9.17) is 4.74 Å². The first kappa shape index (κ1) is 15.8. The van der Waals surface area contributed by atoms with Crippen LogP contribution < -0.4 is 10.9 Å². The second-order valence-corrected chi connectivity index (χ2v) is 4.76. The van der Waals surface area contributed by atoms with Gasteiger partial charge in [-0.3, -0.25) is 9.59 Å². The molecule has 19 heavy (non-hydrogen) atoms. The van der Waals surface area contributed by atoms with Gasteiger partial charge in [-0.15, -0.1) is 0 Å². The summed E-state index contributed by atoms with van der Waals surface area (Å²) >= 11 is 2.89. The van der Waals surface area contributed by atoms with Crippen LogP contribution in [0.1, 0.15) is 29.4 Å². The second kappa shape index (κ2) is 6.76. The number of rotatable bonds is 5. The third-order valence-electron chi connectivity index (χ3n) is 2.28. The molecule has 1 aromatic heterocycles. The molecule has 0 aliphatic heterocycles. The average molecular weight is 339 g/mol. The summed E-state index contributed by atoms with van der Waals surface area (Å²) in [5.74, 6) is -0.646. The number of amides is 1. The van der Waals surface area contributed by atoms with Crippen LogP contribution in [-0.2, 0) is 4.74 Å². The molecule has 0 aliphatic rings. The Morgan fingerprint density at radius 3 is 2.74 bits per heavy atom. The molecule has 0 saturated carbocycles. The number of nitrogens with one attached hydrogen (secondary N) is 2. The Morgan fingerprint density at radius 1 is 1.58 bits per heavy atom. The summed E-state index contributed by atoms with van der Waals surface area (Å²) in [6.45, 7) is 1.97. The second-order valence-electron chi connectivity index (χ2n) is 3.90. The van der Waals surface area contributed by atoms with Crippen molar-refractivity contribution in [1.82, 2.24) is 10.3 Å². The summed E-state index contributed by atoms with van der Waals surface area (Å²) in [6.07, 6.45) is -2.83. The first-order valence-corrected chi connectivity index (χ1v) is 6.16. The van der Waals surface area contributed by atoms with Gasteiger partial charge >= 0.3 is 0 Å². The number of halogens is 3. The van der Waals surface area contributed by atoms with Crippen molar-refractivity contribution in [1.29, 1.82) is 0 Å². The van der Waals surface area contributed by atoms with Crippen molar-refractivity contribution in [3.63, 3.8) is 0 Å². The van der Waals surface area contributed by atoms with E-state index in [0.29, 0.717) is 0 Å². The molecular formula is C11H13BrF2N2O3. The van der Waals surface area contributed by atoms with E-state index < -0.39 is 23.6 Å². The molecule has 0 bridgehead atoms. The van der Waals surface area contributed by atoms with E-state index in [9.17, 15) is 18.4 Å². The van der Waals surface area contributed by atoms with Crippen LogP contribution in [0.2, 0.25) is 0 Å². The highest BCUT2D eigenvalue weighted by Crippen LogP contribution is 2.24. The van der Waals surface area contributed by atoms with Crippen LogP contribution in [-0.4, -0.2) is 30.6 Å². The van der Waals surface area contributed by atoms with Gasteiger partial charge in [0.25, 0.3) is 17.9 Å². The Hall–Kier alpha value is -1.28. The number of aromatic amines is 1. The lowest BCUT2D eigenvalue weighted by molar-refractivity contribution is 0.0903. The van der Waals surface area contributed by atoms with Crippen LogP contribution in [0.25, 0.3) is 0 Å². The number of methoxy groups -OCH3 is 1. The van der Waals surface area contributed by atoms with Crippen molar-refractivity contribution in [3.05, 3.63) is 32.2 Å². The molecule has 1 heterocycles. The molecule has 1 rings (SSSR count). The molecule has 2 N–H and O–H groups in total. The zero-order valence-corrected chi connectivity index (χ0v) is 11.9. The Kier molecular flexibility index (Phi) is 5.61. The molecule has 0 saturated heterocycles. The highest BCUT2D eigenvalue weighted by atomic mass is 79.9. The van der Waals surface area contributed by atoms with Gasteiger partial charge in [0.2, 0.25) is 0 Å². The lowest BCUT2D eigenvalue weighted by Gasteiger charge is -2.13. The summed E-state index contributed by atoms with van der Waals surface area (Å²) in [5.41, 5.74) is -1.65. The highest BCUT2D eigenvalue weighted by Gasteiger charge is 2.19. The smallest absolute Gasteiger partial charge is 0.279 e. The van der Waals surface area contributed by atoms with E-state index in [1.165, 1.54) is 7.11 Å². The van der Waals surface area contributed by atoms with Gasteiger partial charge in [0, 0.05) is 17.6 Å². The zero-order valence-electron chi connectivity index (χ0n) is 10.3. The van der Waals surface area contributed by atoms with E-state index in [0.717, 1.165) is 6.07 Å². The molecule has 1 atom stereocenters. The van der Waals surface area contributed by atoms with Gasteiger partial charge in [0.1, 0.15) is 5.56 Å². The van der Waals surface area contributed by atoms with Crippen molar-refractivity contribution in [2.75, 3.05) is 13.7 Å². The van der Waals surface area contributed by atoms with Crippen LogP contribution in [0.15, 0.2) is 15.3 Å². The first-order chi connectivity index (χ1) is 8.86. The minimum absolute atomic E-state index is 0.0216. The standard InChI is InChI=1S/C11H13BrF2N2O3/c1-5(4-19-2)15-10(17)6-3-7(12)8(9(13)14)16-11(6)18/h3,5,9H,4H2,1-2H3,(H,15,17)(H,16,18). The fourth-order valence-electron chi connectivity index (χ4n) is 1.44. The van der Waals surface area contributed by atoms with Crippen LogP contribution in [0.3, 0.4) is 0 Å². The molecule has 0 spiro atoms. The van der Waals surface area contributed by atoms with E-state index in [1.54, 1.807) is 6.92 Å². The molecule has 0 aromatic carbocycles. The van der Waals surface area contributed by atoms with Crippen molar-refractivity contribution in [2.45, 2.75) is 19.4 Å². The van der Waals surface area contributed by atoms with E-state index in [2.05, 4.69) is 21.2 Å². The maximum atomic E-state index is 12.5. The lowest BCUT2D eigenvalue weighted by Crippen LogP contribution is -2.38. The Bertz CT molecular complexity index is 519. The number of pyridine rings is 1. The van der Waals surface area contributed by atoms with Gasteiger partial charge in [-0.2, -0.15) is 0 Å². The Labute approximate surface area is 116 Å². The molecule has 8 heteroatoms. The topological polar surface area (TPSA) is 71.2 Å². The number of hydrogen-bond donors (Lipinski definition) is 2. The molecule has 106 valence electrons. The van der Waals surface area contributed by atoms with E-state index in [-0.39, 0.29) is 22.7 Å². The van der Waals surface area contributed by atoms with Gasteiger partial charge in [0.15, 0.2) is 0 Å². The van der Waals surface area contributed by atoms with Crippen molar-refractivity contribution in [2.24, 2.45) is 0 Å². The lowest BCUT2D eigenvalue weighted by atomic mass is 10.2. The summed E-state index contributed by atoms with van der Waals surface area (Å²) in [6, 6.07) is 0.778. The monoisotopic (exact) mass is 338 g/mol. The molecule has 0 aliphatic carbocycles. The highest BCUT2D eigenvalue weighted by molar-refractivity contribution is 9.10. The van der Waals surface area contributed by atoms with Gasteiger partial charge in [-0.05, 0) is 28.9 Å². The maximum absolute atomic E-state index is 12.5. The number of carbonyl (C=O) groups is 1. The molecule has 1 aromatic rings. The summed E-state index contributed by atoms with van der Waals surface area (Å²) in [5, 5.41) is 2.52. The SMILES string of the molecule is COCC(C)NC(=O)c1cc(Br)c(C(F)F)[nH]c1=O. The largest absolute Gasteiger partial charge is 0.383 e. The fraction of sp³-hybridized carbons (Fsp3) is 0.455. The normalized spacial score (nSPS) is 12.5. The van der Waals surface area contributed by atoms with Gasteiger partial charge < -0.3 is 15.0 Å². The Morgan fingerprint density at radius 2 is 2.21 bits per heavy atom. The molecule has 5 nitrogen and oxygen atoms in total. The quantitative estimate of drug-likeness (QED) is 0.860. The third kappa shape index (κ3) is 4.10. The fourth-order valence-corrected chi connectivity index (χ4v) is 1.94. The number of alkyl halides is 2. The molecule has 0 fully saturated rings. The van der Waals surface area contributed by atoms with Crippen LogP contribution in [0.5, 0.6) is 0 Å². The van der Waals surface area contributed by atoms with Crippen molar-refractivity contribution >= 4 is 21.8 Å². The number of ether oxygens (including phenoxy) is 1. The predicted molar refractivity (Wildman–Crippen MR) is 68.5 cm³/mol. The van der Waals surface area contributed by atoms with E-state index >= 15 is 0 Å². The van der Waals surface area contributed by atoms with Crippen LogP contribution in [0, 0.1) is 0 Å². The van der Waals surface area contributed by atoms with Crippen molar-refractivity contribution < 1.29 is 18.3 Å². The predicted octanol–water partition coefficient (Wildman–Crippen LogP) is 1.84. The third-order valence-corrected chi connectivity index (χ3v) is 2.93. The van der Waals surface area contributed by atoms with Gasteiger partial charge in [-0.25, -0.2) is 8.78 Å². The van der Waals surface area contributed by atoms with Crippen LogP contribution in [0.4, 0.5) is 8.78 Å². The molecule has 1 unspecified atom stereocenters. The summed E-state index contributed by atoms with van der Waals surface area (Å²) in [7, 11) is 1.48. The minimum Gasteiger partial charge on any atom is -0.383 e. The molecule has 0 radical (unpaired) electrons. The minimum atomic E-state index is -2.83. The number of carbonyl (C=O) groups excluding carboxylic acids is 1. The average Bonchev–Trinajstić information content (AvgIpc) is 2.31. The van der Waals surface area contributed by atoms with E-state index in [1.807, 2.05) is 4.98 Å². The zero-order chi connectivity index (χ0) is 14.6. The Balaban J connectivity index is 2.99. The summed E-state index contributed by atoms with van der Waals surface area (Å²) in [4.78, 5) is 25.4.